The first-order valence-corrected chi connectivity index (χ1v) is 2.50. The largest absolute Gasteiger partial charge is 0.369 e. The SMILES string of the molecule is O=CO[n+]1ccccc1. The molecule has 9 heavy (non-hydrogen) atoms. The van der Waals surface area contributed by atoms with Crippen LogP contribution in [0, 0.1) is 0 Å². The molecule has 0 aliphatic carbocycles. The number of nitrogens with zero attached hydrogens (tertiary/aromatic N) is 1. The topological polar surface area (TPSA) is 30.2 Å². The molecule has 0 saturated carbocycles. The quantitative estimate of drug-likeness (QED) is 0.395. The van der Waals surface area contributed by atoms with Crippen LogP contribution >= 0.6 is 0 Å². The molecule has 0 spiro atoms. The van der Waals surface area contributed by atoms with Gasteiger partial charge in [0.15, 0.2) is 0 Å². The van der Waals surface area contributed by atoms with Crippen LogP contribution < -0.4 is 9.57 Å². The summed E-state index contributed by atoms with van der Waals surface area (Å²) >= 11 is 0. The molecule has 1 aromatic heterocycles. The fourth-order valence-electron chi connectivity index (χ4n) is 0.503. The molecule has 3 nitrogen and oxygen atoms in total. The monoisotopic (exact) mass is 124 g/mol. The van der Waals surface area contributed by atoms with Crippen molar-refractivity contribution in [3.8, 4) is 0 Å². The molecule has 0 saturated heterocycles. The van der Waals surface area contributed by atoms with Gasteiger partial charge in [0, 0.05) is 16.9 Å². The van der Waals surface area contributed by atoms with Gasteiger partial charge in [-0.2, -0.15) is 4.84 Å². The summed E-state index contributed by atoms with van der Waals surface area (Å²) in [4.78, 5) is 14.2. The average Bonchev–Trinajstić information content (AvgIpc) is 1.91. The second-order valence-electron chi connectivity index (χ2n) is 1.44. The Morgan fingerprint density at radius 3 is 2.44 bits per heavy atom. The summed E-state index contributed by atoms with van der Waals surface area (Å²) in [6, 6.07) is 5.37. The summed E-state index contributed by atoms with van der Waals surface area (Å²) in [5.41, 5.74) is 0. The molecule has 0 N–H and O–H groups in total. The Hall–Kier alpha value is -1.38. The molecule has 1 rings (SSSR count). The Kier molecular flexibility index (Phi) is 1.80. The molecule has 0 amide bonds. The second kappa shape index (κ2) is 2.81. The molecule has 1 heterocycles. The highest BCUT2D eigenvalue weighted by molar-refractivity contribution is 5.35. The van der Waals surface area contributed by atoms with Crippen molar-refractivity contribution in [3.63, 3.8) is 0 Å². The zero-order valence-corrected chi connectivity index (χ0v) is 4.73. The molecule has 0 aliphatic heterocycles. The van der Waals surface area contributed by atoms with Gasteiger partial charge in [-0.05, 0) is 0 Å². The van der Waals surface area contributed by atoms with E-state index in [1.165, 1.54) is 4.73 Å². The third-order valence-corrected chi connectivity index (χ3v) is 0.853. The Labute approximate surface area is 52.5 Å². The van der Waals surface area contributed by atoms with Crippen molar-refractivity contribution in [1.29, 1.82) is 0 Å². The number of rotatable bonds is 2. The van der Waals surface area contributed by atoms with Crippen LogP contribution in [0.3, 0.4) is 0 Å². The van der Waals surface area contributed by atoms with E-state index in [0.29, 0.717) is 6.47 Å². The molecule has 0 aromatic carbocycles. The van der Waals surface area contributed by atoms with Crippen molar-refractivity contribution in [2.24, 2.45) is 0 Å². The third-order valence-electron chi connectivity index (χ3n) is 0.853. The maximum absolute atomic E-state index is 9.73. The molecule has 0 aliphatic rings. The van der Waals surface area contributed by atoms with Gasteiger partial charge in [0.25, 0.3) is 0 Å². The molecule has 1 aromatic rings. The number of carbonyl (C=O) groups excluding carboxylic acids is 1. The van der Waals surface area contributed by atoms with Gasteiger partial charge in [-0.3, -0.25) is 0 Å². The molecular formula is C6H6NO2+. The van der Waals surface area contributed by atoms with Crippen molar-refractivity contribution in [2.45, 2.75) is 0 Å². The first-order chi connectivity index (χ1) is 4.43. The maximum atomic E-state index is 9.73. The first kappa shape index (κ1) is 5.75. The Balaban J connectivity index is 2.72. The number of hydrogen-bond donors (Lipinski definition) is 0. The molecule has 0 atom stereocenters. The minimum absolute atomic E-state index is 0.375. The van der Waals surface area contributed by atoms with Crippen LogP contribution in [0.2, 0.25) is 0 Å². The van der Waals surface area contributed by atoms with Gasteiger partial charge in [0.05, 0.1) is 0 Å². The minimum atomic E-state index is 0.375. The highest BCUT2D eigenvalue weighted by Crippen LogP contribution is 1.72. The van der Waals surface area contributed by atoms with Crippen molar-refractivity contribution >= 4 is 6.47 Å². The number of aromatic nitrogens is 1. The molecule has 0 radical (unpaired) electrons. The summed E-state index contributed by atoms with van der Waals surface area (Å²) < 4.78 is 1.31. The van der Waals surface area contributed by atoms with Crippen molar-refractivity contribution < 1.29 is 14.4 Å². The van der Waals surface area contributed by atoms with Gasteiger partial charge in [-0.15, -0.1) is 0 Å². The van der Waals surface area contributed by atoms with Gasteiger partial charge in [0.2, 0.25) is 12.4 Å². The van der Waals surface area contributed by atoms with Crippen LogP contribution in [-0.2, 0) is 4.79 Å². The normalized spacial score (nSPS) is 8.44. The Morgan fingerprint density at radius 1 is 1.22 bits per heavy atom. The lowest BCUT2D eigenvalue weighted by Gasteiger charge is -1.83. The van der Waals surface area contributed by atoms with E-state index in [1.54, 1.807) is 24.5 Å². The maximum Gasteiger partial charge on any atom is 0.369 e. The van der Waals surface area contributed by atoms with E-state index in [0.717, 1.165) is 0 Å². The van der Waals surface area contributed by atoms with Gasteiger partial charge in [-0.1, -0.05) is 6.07 Å². The molecule has 3 heteroatoms. The average molecular weight is 124 g/mol. The van der Waals surface area contributed by atoms with Gasteiger partial charge < -0.3 is 0 Å². The Morgan fingerprint density at radius 2 is 1.89 bits per heavy atom. The second-order valence-corrected chi connectivity index (χ2v) is 1.44. The summed E-state index contributed by atoms with van der Waals surface area (Å²) in [6.45, 7) is 0.375. The van der Waals surface area contributed by atoms with E-state index in [-0.39, 0.29) is 0 Å². The van der Waals surface area contributed by atoms with E-state index in [9.17, 15) is 4.79 Å². The van der Waals surface area contributed by atoms with E-state index in [2.05, 4.69) is 4.84 Å². The van der Waals surface area contributed by atoms with Crippen LogP contribution in [0.15, 0.2) is 30.6 Å². The lowest BCUT2D eigenvalue weighted by Crippen LogP contribution is -2.40. The van der Waals surface area contributed by atoms with Crippen LogP contribution in [0.25, 0.3) is 0 Å². The van der Waals surface area contributed by atoms with Crippen LogP contribution in [0.5, 0.6) is 0 Å². The fourth-order valence-corrected chi connectivity index (χ4v) is 0.503. The Bertz CT molecular complexity index is 186. The fraction of sp³-hybridized carbons (Fsp3) is 0. The van der Waals surface area contributed by atoms with Crippen molar-refractivity contribution in [1.82, 2.24) is 0 Å². The number of carbonyl (C=O) groups is 1. The molecule has 0 fully saturated rings. The highest BCUT2D eigenvalue weighted by Gasteiger charge is 1.92. The molecule has 0 bridgehead atoms. The van der Waals surface area contributed by atoms with E-state index < -0.39 is 0 Å². The van der Waals surface area contributed by atoms with Crippen LogP contribution in [0.1, 0.15) is 0 Å². The molecule has 46 valence electrons. The number of pyridine rings is 1. The summed E-state index contributed by atoms with van der Waals surface area (Å²) in [7, 11) is 0. The van der Waals surface area contributed by atoms with E-state index in [1.807, 2.05) is 6.07 Å². The highest BCUT2D eigenvalue weighted by atomic mass is 16.7. The van der Waals surface area contributed by atoms with Crippen LogP contribution in [-0.4, -0.2) is 6.47 Å². The van der Waals surface area contributed by atoms with Gasteiger partial charge in [0.1, 0.15) is 0 Å². The van der Waals surface area contributed by atoms with Crippen molar-refractivity contribution in [3.05, 3.63) is 30.6 Å². The summed E-state index contributed by atoms with van der Waals surface area (Å²) in [5, 5.41) is 0. The van der Waals surface area contributed by atoms with Crippen molar-refractivity contribution in [2.75, 3.05) is 0 Å². The van der Waals surface area contributed by atoms with Crippen LogP contribution in [0.4, 0.5) is 0 Å². The predicted octanol–water partition coefficient (Wildman–Crippen LogP) is -0.441. The summed E-state index contributed by atoms with van der Waals surface area (Å²) in [5.74, 6) is 0. The minimum Gasteiger partial charge on any atom is -0.248 e. The molecular weight excluding hydrogens is 118 g/mol. The zero-order chi connectivity index (χ0) is 6.53. The van der Waals surface area contributed by atoms with Gasteiger partial charge in [-0.25, -0.2) is 4.79 Å². The zero-order valence-electron chi connectivity index (χ0n) is 4.73. The standard InChI is InChI=1S/C6H6NO2/c8-6-9-7-4-2-1-3-5-7/h1-6H/q+1. The summed E-state index contributed by atoms with van der Waals surface area (Å²) in [6.07, 6.45) is 3.27. The lowest BCUT2D eigenvalue weighted by molar-refractivity contribution is -0.867. The van der Waals surface area contributed by atoms with E-state index in [4.69, 9.17) is 0 Å². The smallest absolute Gasteiger partial charge is 0.248 e. The predicted molar refractivity (Wildman–Crippen MR) is 29.3 cm³/mol. The van der Waals surface area contributed by atoms with E-state index >= 15 is 0 Å². The molecule has 0 unspecified atom stereocenters. The van der Waals surface area contributed by atoms with Gasteiger partial charge >= 0.3 is 6.47 Å². The first-order valence-electron chi connectivity index (χ1n) is 2.50. The lowest BCUT2D eigenvalue weighted by atomic mass is 10.5. The third kappa shape index (κ3) is 1.53. The number of hydrogen-bond acceptors (Lipinski definition) is 2.